The Morgan fingerprint density at radius 1 is 1.43 bits per heavy atom. The summed E-state index contributed by atoms with van der Waals surface area (Å²) in [4.78, 5) is 4.45. The number of aromatic hydroxyl groups is 1. The van der Waals surface area contributed by atoms with E-state index in [-0.39, 0.29) is 5.75 Å². The fourth-order valence-corrected chi connectivity index (χ4v) is 1.30. The van der Waals surface area contributed by atoms with Gasteiger partial charge in [0.25, 0.3) is 0 Å². The maximum absolute atomic E-state index is 9.59. The molecule has 0 aliphatic carbocycles. The zero-order valence-corrected chi connectivity index (χ0v) is 8.41. The highest BCUT2D eigenvalue weighted by Crippen LogP contribution is 2.27. The molecule has 1 aromatic rings. The van der Waals surface area contributed by atoms with Crippen LogP contribution in [0.1, 0.15) is 11.1 Å². The van der Waals surface area contributed by atoms with Crippen LogP contribution < -0.4 is 10.6 Å². The Labute approximate surface area is 83.2 Å². The van der Waals surface area contributed by atoms with Crippen molar-refractivity contribution in [2.75, 3.05) is 13.7 Å². The molecule has 0 aromatic heterocycles. The Balaban J connectivity index is 2.92. The summed E-state index contributed by atoms with van der Waals surface area (Å²) in [6.07, 6.45) is 0.568. The molecule has 0 bridgehead atoms. The maximum atomic E-state index is 9.59. The predicted octanol–water partition coefficient (Wildman–Crippen LogP) is 1.14. The molecule has 0 heterocycles. The first-order valence-electron chi connectivity index (χ1n) is 4.37. The molecular formula is C10H15NO3. The molecule has 0 spiro atoms. The van der Waals surface area contributed by atoms with Crippen molar-refractivity contribution in [3.63, 3.8) is 0 Å². The fourth-order valence-electron chi connectivity index (χ4n) is 1.30. The van der Waals surface area contributed by atoms with Crippen LogP contribution in [0.4, 0.5) is 0 Å². The molecule has 0 fully saturated rings. The Morgan fingerprint density at radius 3 is 2.71 bits per heavy atom. The number of benzene rings is 1. The van der Waals surface area contributed by atoms with Crippen LogP contribution >= 0.6 is 0 Å². The third-order valence-electron chi connectivity index (χ3n) is 2.09. The van der Waals surface area contributed by atoms with Gasteiger partial charge >= 0.3 is 0 Å². The SMILES string of the molecule is COc1cc(CCON)c(O)cc1C. The van der Waals surface area contributed by atoms with Gasteiger partial charge in [-0.25, -0.2) is 5.90 Å². The monoisotopic (exact) mass is 197 g/mol. The molecule has 0 unspecified atom stereocenters. The normalized spacial score (nSPS) is 10.2. The van der Waals surface area contributed by atoms with Crippen LogP contribution in [-0.4, -0.2) is 18.8 Å². The van der Waals surface area contributed by atoms with E-state index in [4.69, 9.17) is 10.6 Å². The summed E-state index contributed by atoms with van der Waals surface area (Å²) in [7, 11) is 1.60. The third kappa shape index (κ3) is 2.37. The predicted molar refractivity (Wildman–Crippen MR) is 53.2 cm³/mol. The zero-order chi connectivity index (χ0) is 10.6. The fraction of sp³-hybridized carbons (Fsp3) is 0.400. The van der Waals surface area contributed by atoms with Crippen LogP contribution in [0, 0.1) is 6.92 Å². The number of ether oxygens (including phenoxy) is 1. The number of hydrogen-bond donors (Lipinski definition) is 2. The minimum atomic E-state index is 0.250. The molecule has 0 atom stereocenters. The molecule has 4 nitrogen and oxygen atoms in total. The van der Waals surface area contributed by atoms with Crippen molar-refractivity contribution < 1.29 is 14.7 Å². The minimum absolute atomic E-state index is 0.250. The third-order valence-corrected chi connectivity index (χ3v) is 2.09. The van der Waals surface area contributed by atoms with Gasteiger partial charge in [0.1, 0.15) is 11.5 Å². The summed E-state index contributed by atoms with van der Waals surface area (Å²) in [6.45, 7) is 2.25. The second kappa shape index (κ2) is 4.83. The van der Waals surface area contributed by atoms with Gasteiger partial charge < -0.3 is 14.7 Å². The summed E-state index contributed by atoms with van der Waals surface area (Å²) in [5.74, 6) is 5.92. The number of hydrogen-bond acceptors (Lipinski definition) is 4. The van der Waals surface area contributed by atoms with Crippen molar-refractivity contribution in [3.05, 3.63) is 23.3 Å². The van der Waals surface area contributed by atoms with Crippen molar-refractivity contribution in [2.24, 2.45) is 5.90 Å². The molecule has 3 N–H and O–H groups in total. The van der Waals surface area contributed by atoms with E-state index in [1.807, 2.05) is 6.92 Å². The molecule has 14 heavy (non-hydrogen) atoms. The van der Waals surface area contributed by atoms with Gasteiger partial charge in [0.05, 0.1) is 13.7 Å². The number of phenols is 1. The summed E-state index contributed by atoms with van der Waals surface area (Å²) in [6, 6.07) is 3.47. The molecule has 0 amide bonds. The highest BCUT2D eigenvalue weighted by atomic mass is 16.6. The van der Waals surface area contributed by atoms with Crippen molar-refractivity contribution in [1.82, 2.24) is 0 Å². The topological polar surface area (TPSA) is 64.7 Å². The Morgan fingerprint density at radius 2 is 2.14 bits per heavy atom. The van der Waals surface area contributed by atoms with E-state index in [0.717, 1.165) is 16.9 Å². The molecule has 0 radical (unpaired) electrons. The van der Waals surface area contributed by atoms with E-state index in [0.29, 0.717) is 13.0 Å². The minimum Gasteiger partial charge on any atom is -0.508 e. The summed E-state index contributed by atoms with van der Waals surface area (Å²) >= 11 is 0. The molecule has 1 aromatic carbocycles. The van der Waals surface area contributed by atoms with Gasteiger partial charge in [-0.2, -0.15) is 0 Å². The summed E-state index contributed by atoms with van der Waals surface area (Å²) in [5.41, 5.74) is 1.68. The maximum Gasteiger partial charge on any atom is 0.122 e. The lowest BCUT2D eigenvalue weighted by Gasteiger charge is -2.09. The molecular weight excluding hydrogens is 182 g/mol. The number of rotatable bonds is 4. The average Bonchev–Trinajstić information content (AvgIpc) is 2.17. The van der Waals surface area contributed by atoms with Crippen LogP contribution in [0.5, 0.6) is 11.5 Å². The van der Waals surface area contributed by atoms with Crippen LogP contribution in [0.15, 0.2) is 12.1 Å². The first-order valence-corrected chi connectivity index (χ1v) is 4.37. The number of methoxy groups -OCH3 is 1. The van der Waals surface area contributed by atoms with Gasteiger partial charge in [-0.3, -0.25) is 0 Å². The van der Waals surface area contributed by atoms with E-state index in [9.17, 15) is 5.11 Å². The number of aryl methyl sites for hydroxylation is 1. The van der Waals surface area contributed by atoms with E-state index >= 15 is 0 Å². The Bertz CT molecular complexity index is 312. The molecule has 1 rings (SSSR count). The second-order valence-corrected chi connectivity index (χ2v) is 3.07. The molecule has 0 aliphatic rings. The highest BCUT2D eigenvalue weighted by Gasteiger charge is 2.06. The van der Waals surface area contributed by atoms with Crippen LogP contribution in [0.2, 0.25) is 0 Å². The highest BCUT2D eigenvalue weighted by molar-refractivity contribution is 5.45. The summed E-state index contributed by atoms with van der Waals surface area (Å²) in [5, 5.41) is 9.59. The van der Waals surface area contributed by atoms with Gasteiger partial charge in [0.2, 0.25) is 0 Å². The second-order valence-electron chi connectivity index (χ2n) is 3.07. The first kappa shape index (κ1) is 10.8. The van der Waals surface area contributed by atoms with E-state index < -0.39 is 0 Å². The molecule has 0 aliphatic heterocycles. The molecule has 0 saturated carbocycles. The van der Waals surface area contributed by atoms with Crippen molar-refractivity contribution >= 4 is 0 Å². The van der Waals surface area contributed by atoms with Gasteiger partial charge in [0, 0.05) is 6.42 Å². The first-order chi connectivity index (χ1) is 6.69. The molecule has 0 saturated heterocycles. The lowest BCUT2D eigenvalue weighted by molar-refractivity contribution is 0.140. The van der Waals surface area contributed by atoms with E-state index in [1.54, 1.807) is 19.2 Å². The van der Waals surface area contributed by atoms with Crippen LogP contribution in [0.3, 0.4) is 0 Å². The average molecular weight is 197 g/mol. The number of phenolic OH excluding ortho intramolecular Hbond substituents is 1. The van der Waals surface area contributed by atoms with Crippen molar-refractivity contribution in [3.8, 4) is 11.5 Å². The largest absolute Gasteiger partial charge is 0.508 e. The van der Waals surface area contributed by atoms with Crippen LogP contribution in [-0.2, 0) is 11.3 Å². The van der Waals surface area contributed by atoms with Gasteiger partial charge in [0.15, 0.2) is 0 Å². The van der Waals surface area contributed by atoms with E-state index in [2.05, 4.69) is 4.84 Å². The lowest BCUT2D eigenvalue weighted by atomic mass is 10.1. The van der Waals surface area contributed by atoms with Crippen molar-refractivity contribution in [2.45, 2.75) is 13.3 Å². The standard InChI is InChI=1S/C10H15NO3/c1-7-5-9(12)8(3-4-14-11)6-10(7)13-2/h5-6,12H,3-4,11H2,1-2H3. The van der Waals surface area contributed by atoms with Gasteiger partial charge in [-0.1, -0.05) is 0 Å². The smallest absolute Gasteiger partial charge is 0.122 e. The van der Waals surface area contributed by atoms with Crippen LogP contribution in [0.25, 0.3) is 0 Å². The Hall–Kier alpha value is -1.26. The zero-order valence-electron chi connectivity index (χ0n) is 8.41. The van der Waals surface area contributed by atoms with Crippen molar-refractivity contribution in [1.29, 1.82) is 0 Å². The number of nitrogens with two attached hydrogens (primary N) is 1. The van der Waals surface area contributed by atoms with E-state index in [1.165, 1.54) is 0 Å². The van der Waals surface area contributed by atoms with Gasteiger partial charge in [-0.15, -0.1) is 0 Å². The Kier molecular flexibility index (Phi) is 3.73. The quantitative estimate of drug-likeness (QED) is 0.710. The summed E-state index contributed by atoms with van der Waals surface area (Å²) < 4.78 is 5.14. The lowest BCUT2D eigenvalue weighted by Crippen LogP contribution is -2.04. The molecule has 4 heteroatoms. The molecule has 78 valence electrons. The van der Waals surface area contributed by atoms with Gasteiger partial charge in [-0.05, 0) is 30.2 Å².